The third-order valence-corrected chi connectivity index (χ3v) is 4.67. The van der Waals surface area contributed by atoms with E-state index in [1.807, 2.05) is 28.8 Å². The molecule has 0 aliphatic heterocycles. The molecule has 0 atom stereocenters. The van der Waals surface area contributed by atoms with Gasteiger partial charge in [-0.15, -0.1) is 11.8 Å². The largest absolute Gasteiger partial charge is 0.382 e. The lowest BCUT2D eigenvalue weighted by atomic mass is 10.4. The molecule has 0 amide bonds. The molecule has 3 aromatic rings. The summed E-state index contributed by atoms with van der Waals surface area (Å²) in [6, 6.07) is 7.88. The highest BCUT2D eigenvalue weighted by atomic mass is 35.5. The Bertz CT molecular complexity index is 758. The summed E-state index contributed by atoms with van der Waals surface area (Å²) in [5, 5.41) is 0.802. The molecule has 21 heavy (non-hydrogen) atoms. The van der Waals surface area contributed by atoms with Crippen molar-refractivity contribution in [3.8, 4) is 0 Å². The van der Waals surface area contributed by atoms with Crippen LogP contribution in [0.15, 0.2) is 41.8 Å². The van der Waals surface area contributed by atoms with Gasteiger partial charge in [0.1, 0.15) is 11.8 Å². The van der Waals surface area contributed by atoms with Crippen molar-refractivity contribution in [2.24, 2.45) is 0 Å². The molecule has 0 saturated carbocycles. The predicted octanol–water partition coefficient (Wildman–Crippen LogP) is 3.24. The summed E-state index contributed by atoms with van der Waals surface area (Å²) in [6.45, 7) is 0.838. The van der Waals surface area contributed by atoms with Gasteiger partial charge in [-0.05, 0) is 24.3 Å². The molecule has 108 valence electrons. The van der Waals surface area contributed by atoms with Gasteiger partial charge in [0.2, 0.25) is 0 Å². The molecule has 7 heteroatoms. The summed E-state index contributed by atoms with van der Waals surface area (Å²) >= 11 is 7.89. The van der Waals surface area contributed by atoms with Crippen LogP contribution in [0.2, 0.25) is 5.02 Å². The molecule has 0 aliphatic carbocycles. The van der Waals surface area contributed by atoms with E-state index in [0.717, 1.165) is 34.3 Å². The Morgan fingerprint density at radius 3 is 2.90 bits per heavy atom. The molecule has 1 aromatic carbocycles. The van der Waals surface area contributed by atoms with Crippen LogP contribution in [0.5, 0.6) is 0 Å². The Labute approximate surface area is 131 Å². The van der Waals surface area contributed by atoms with Gasteiger partial charge in [0, 0.05) is 11.4 Å². The molecule has 0 aliphatic rings. The van der Waals surface area contributed by atoms with Crippen LogP contribution in [0.25, 0.3) is 11.2 Å². The maximum atomic E-state index is 6.13. The summed E-state index contributed by atoms with van der Waals surface area (Å²) < 4.78 is 2.00. The number of rotatable bonds is 5. The first-order valence-electron chi connectivity index (χ1n) is 6.54. The van der Waals surface area contributed by atoms with Crippen molar-refractivity contribution in [2.45, 2.75) is 17.9 Å². The second-order valence-corrected chi connectivity index (χ2v) is 6.05. The van der Waals surface area contributed by atoms with Crippen LogP contribution < -0.4 is 5.73 Å². The van der Waals surface area contributed by atoms with Gasteiger partial charge in [-0.3, -0.25) is 0 Å². The van der Waals surface area contributed by atoms with Crippen LogP contribution in [0.4, 0.5) is 5.82 Å². The first kappa shape index (κ1) is 14.2. The number of halogens is 1. The van der Waals surface area contributed by atoms with E-state index >= 15 is 0 Å². The van der Waals surface area contributed by atoms with E-state index in [-0.39, 0.29) is 0 Å². The molecule has 5 nitrogen and oxygen atoms in total. The summed E-state index contributed by atoms with van der Waals surface area (Å²) in [6.07, 6.45) is 4.22. The lowest BCUT2D eigenvalue weighted by Gasteiger charge is -2.05. The summed E-state index contributed by atoms with van der Waals surface area (Å²) in [7, 11) is 0. The van der Waals surface area contributed by atoms with Gasteiger partial charge in [-0.1, -0.05) is 23.7 Å². The Morgan fingerprint density at radius 2 is 2.05 bits per heavy atom. The molecular weight excluding hydrogens is 306 g/mol. The van der Waals surface area contributed by atoms with Crippen molar-refractivity contribution >= 4 is 40.3 Å². The van der Waals surface area contributed by atoms with Gasteiger partial charge < -0.3 is 10.3 Å². The Hall–Kier alpha value is -1.79. The molecule has 0 bridgehead atoms. The lowest BCUT2D eigenvalue weighted by Crippen LogP contribution is -2.00. The van der Waals surface area contributed by atoms with Crippen molar-refractivity contribution < 1.29 is 0 Å². The number of aromatic nitrogens is 4. The monoisotopic (exact) mass is 319 g/mol. The van der Waals surface area contributed by atoms with Gasteiger partial charge in [0.05, 0.1) is 11.3 Å². The number of aryl methyl sites for hydroxylation is 1. The minimum Gasteiger partial charge on any atom is -0.382 e. The number of anilines is 1. The number of nitrogens with zero attached hydrogens (tertiary/aromatic N) is 4. The third kappa shape index (κ3) is 3.11. The minimum atomic E-state index is 0.421. The van der Waals surface area contributed by atoms with Gasteiger partial charge in [-0.25, -0.2) is 15.0 Å². The van der Waals surface area contributed by atoms with Crippen molar-refractivity contribution in [1.82, 2.24) is 19.5 Å². The van der Waals surface area contributed by atoms with E-state index in [9.17, 15) is 0 Å². The first-order chi connectivity index (χ1) is 10.3. The average Bonchev–Trinajstić information content (AvgIpc) is 2.90. The van der Waals surface area contributed by atoms with Crippen molar-refractivity contribution in [2.75, 3.05) is 11.5 Å². The lowest BCUT2D eigenvalue weighted by molar-refractivity contribution is 0.696. The van der Waals surface area contributed by atoms with E-state index in [2.05, 4.69) is 15.0 Å². The molecule has 0 radical (unpaired) electrons. The van der Waals surface area contributed by atoms with E-state index in [1.165, 1.54) is 6.33 Å². The van der Waals surface area contributed by atoms with E-state index in [1.54, 1.807) is 18.1 Å². The topological polar surface area (TPSA) is 69.6 Å². The second kappa shape index (κ2) is 6.32. The van der Waals surface area contributed by atoms with Gasteiger partial charge in [0.15, 0.2) is 11.5 Å². The number of benzene rings is 1. The second-order valence-electron chi connectivity index (χ2n) is 4.50. The highest BCUT2D eigenvalue weighted by molar-refractivity contribution is 7.99. The zero-order valence-corrected chi connectivity index (χ0v) is 12.8. The highest BCUT2D eigenvalue weighted by Crippen LogP contribution is 2.27. The maximum absolute atomic E-state index is 6.13. The fourth-order valence-electron chi connectivity index (χ4n) is 2.04. The highest BCUT2D eigenvalue weighted by Gasteiger charge is 2.07. The zero-order valence-electron chi connectivity index (χ0n) is 11.2. The van der Waals surface area contributed by atoms with E-state index in [4.69, 9.17) is 17.3 Å². The van der Waals surface area contributed by atoms with Crippen molar-refractivity contribution in [3.05, 3.63) is 41.9 Å². The smallest absolute Gasteiger partial charge is 0.165 e. The Morgan fingerprint density at radius 1 is 1.19 bits per heavy atom. The number of imidazole rings is 1. The number of hydrogen-bond acceptors (Lipinski definition) is 5. The van der Waals surface area contributed by atoms with E-state index < -0.39 is 0 Å². The summed E-state index contributed by atoms with van der Waals surface area (Å²) in [5.74, 6) is 1.40. The molecule has 2 heterocycles. The number of nitrogen functional groups attached to an aromatic ring is 1. The molecule has 2 N–H and O–H groups in total. The van der Waals surface area contributed by atoms with Gasteiger partial charge in [-0.2, -0.15) is 0 Å². The SMILES string of the molecule is Nc1ncnc2c1ncn2CCCSc1ccccc1Cl. The van der Waals surface area contributed by atoms with Crippen LogP contribution in [-0.2, 0) is 6.54 Å². The van der Waals surface area contributed by atoms with Gasteiger partial charge in [0.25, 0.3) is 0 Å². The minimum absolute atomic E-state index is 0.421. The number of thioether (sulfide) groups is 1. The van der Waals surface area contributed by atoms with Crippen molar-refractivity contribution in [1.29, 1.82) is 0 Å². The third-order valence-electron chi connectivity index (χ3n) is 3.07. The fourth-order valence-corrected chi connectivity index (χ4v) is 3.21. The Balaban J connectivity index is 1.60. The standard InChI is InChI=1S/C14H14ClN5S/c15-10-4-1-2-5-11(10)21-7-3-6-20-9-19-12-13(16)17-8-18-14(12)20/h1-2,4-5,8-9H,3,6-7H2,(H2,16,17,18). The molecule has 2 aromatic heterocycles. The fraction of sp³-hybridized carbons (Fsp3) is 0.214. The number of nitrogens with two attached hydrogens (primary N) is 1. The van der Waals surface area contributed by atoms with E-state index in [0.29, 0.717) is 11.3 Å². The van der Waals surface area contributed by atoms with Crippen LogP contribution in [0.1, 0.15) is 6.42 Å². The summed E-state index contributed by atoms with van der Waals surface area (Å²) in [5.41, 5.74) is 7.22. The molecule has 0 fully saturated rings. The quantitative estimate of drug-likeness (QED) is 0.577. The van der Waals surface area contributed by atoms with Gasteiger partial charge >= 0.3 is 0 Å². The average molecular weight is 320 g/mol. The van der Waals surface area contributed by atoms with Crippen LogP contribution in [0.3, 0.4) is 0 Å². The first-order valence-corrected chi connectivity index (χ1v) is 7.90. The van der Waals surface area contributed by atoms with Crippen molar-refractivity contribution in [3.63, 3.8) is 0 Å². The molecule has 0 spiro atoms. The number of fused-ring (bicyclic) bond motifs is 1. The molecule has 0 saturated heterocycles. The van der Waals surface area contributed by atoms with Crippen LogP contribution in [0, 0.1) is 0 Å². The molecular formula is C14H14ClN5S. The van der Waals surface area contributed by atoms with Crippen LogP contribution in [-0.4, -0.2) is 25.3 Å². The molecule has 3 rings (SSSR count). The Kier molecular flexibility index (Phi) is 4.26. The summed E-state index contributed by atoms with van der Waals surface area (Å²) in [4.78, 5) is 13.5. The predicted molar refractivity (Wildman–Crippen MR) is 86.5 cm³/mol. The van der Waals surface area contributed by atoms with Crippen LogP contribution >= 0.6 is 23.4 Å². The molecule has 0 unspecified atom stereocenters. The number of hydrogen-bond donors (Lipinski definition) is 1. The normalized spacial score (nSPS) is 11.1. The maximum Gasteiger partial charge on any atom is 0.165 e. The zero-order chi connectivity index (χ0) is 14.7.